The first-order valence-electron chi connectivity index (χ1n) is 10.3. The molecule has 1 atom stereocenters. The van der Waals surface area contributed by atoms with Crippen molar-refractivity contribution in [1.29, 1.82) is 4.78 Å². The first-order valence-corrected chi connectivity index (χ1v) is 13.0. The summed E-state index contributed by atoms with van der Waals surface area (Å²) in [6.07, 6.45) is 5.42. The number of rotatable bonds is 5. The smallest absolute Gasteiger partial charge is 0.225 e. The number of anilines is 1. The highest BCUT2D eigenvalue weighted by Crippen LogP contribution is 2.33. The van der Waals surface area contributed by atoms with Crippen molar-refractivity contribution in [2.24, 2.45) is 5.73 Å². The fourth-order valence-corrected chi connectivity index (χ4v) is 5.54. The number of ether oxygens (including phenoxy) is 1. The van der Waals surface area contributed by atoms with Gasteiger partial charge in [-0.25, -0.2) is 14.2 Å². The van der Waals surface area contributed by atoms with Gasteiger partial charge in [0.25, 0.3) is 0 Å². The van der Waals surface area contributed by atoms with Crippen LogP contribution in [0.25, 0.3) is 22.2 Å². The van der Waals surface area contributed by atoms with Gasteiger partial charge in [-0.3, -0.25) is 20.6 Å². The number of H-pyrrole nitrogens is 1. The SMILES string of the molecule is N=S1(=O)CCN(c2ncc(-c3n[nH]c4ccc(O[C@H](N)c5c(Cl)cncc5Cl)cc34)cn2)CC1. The van der Waals surface area contributed by atoms with Gasteiger partial charge in [0.1, 0.15) is 11.4 Å². The van der Waals surface area contributed by atoms with Crippen molar-refractivity contribution in [2.75, 3.05) is 29.5 Å². The lowest BCUT2D eigenvalue weighted by atomic mass is 10.1. The van der Waals surface area contributed by atoms with Crippen LogP contribution in [0.3, 0.4) is 0 Å². The predicted octanol–water partition coefficient (Wildman–Crippen LogP) is 3.62. The quantitative estimate of drug-likeness (QED) is 0.339. The van der Waals surface area contributed by atoms with E-state index in [2.05, 4.69) is 25.1 Å². The predicted molar refractivity (Wildman–Crippen MR) is 132 cm³/mol. The number of aromatic nitrogens is 5. The first-order chi connectivity index (χ1) is 16.3. The molecule has 1 aliphatic rings. The van der Waals surface area contributed by atoms with E-state index in [-0.39, 0.29) is 0 Å². The number of halogens is 2. The molecule has 4 heterocycles. The molecule has 0 spiro atoms. The van der Waals surface area contributed by atoms with Crippen molar-refractivity contribution in [2.45, 2.75) is 6.23 Å². The summed E-state index contributed by atoms with van der Waals surface area (Å²) in [5.74, 6) is 1.70. The molecule has 34 heavy (non-hydrogen) atoms. The Morgan fingerprint density at radius 3 is 2.47 bits per heavy atom. The van der Waals surface area contributed by atoms with Crippen molar-refractivity contribution >= 4 is 49.8 Å². The molecule has 1 aromatic carbocycles. The topological polar surface area (TPSA) is 147 Å². The zero-order valence-electron chi connectivity index (χ0n) is 17.7. The molecule has 1 aliphatic heterocycles. The maximum absolute atomic E-state index is 11.9. The van der Waals surface area contributed by atoms with Crippen molar-refractivity contribution < 1.29 is 8.95 Å². The molecule has 0 amide bonds. The summed E-state index contributed by atoms with van der Waals surface area (Å²) < 4.78 is 25.5. The summed E-state index contributed by atoms with van der Waals surface area (Å²) in [7, 11) is -2.48. The molecule has 10 nitrogen and oxygen atoms in total. The molecule has 176 valence electrons. The van der Waals surface area contributed by atoms with Crippen LogP contribution in [-0.2, 0) is 9.73 Å². The van der Waals surface area contributed by atoms with Gasteiger partial charge in [0.15, 0.2) is 6.23 Å². The minimum Gasteiger partial charge on any atom is -0.471 e. The molecule has 1 saturated heterocycles. The summed E-state index contributed by atoms with van der Waals surface area (Å²) >= 11 is 12.4. The van der Waals surface area contributed by atoms with E-state index < -0.39 is 16.0 Å². The molecule has 0 radical (unpaired) electrons. The zero-order chi connectivity index (χ0) is 23.9. The van der Waals surface area contributed by atoms with Crippen molar-refractivity contribution in [3.63, 3.8) is 0 Å². The van der Waals surface area contributed by atoms with Gasteiger partial charge in [-0.15, -0.1) is 0 Å². The van der Waals surface area contributed by atoms with Gasteiger partial charge in [-0.05, 0) is 18.2 Å². The standard InChI is InChI=1S/C21H20Cl2N8O2S/c22-15-10-26-11-16(23)18(15)20(24)33-13-1-2-17-14(7-13)19(30-29-17)12-8-27-21(28-9-12)31-3-5-34(25,32)6-4-31/h1-2,7-11,20,25H,3-6,24H2,(H,29,30)/t20-/m0/s1. The molecule has 5 rings (SSSR count). The number of hydrogen-bond donors (Lipinski definition) is 3. The first kappa shape index (κ1) is 22.8. The molecular weight excluding hydrogens is 499 g/mol. The van der Waals surface area contributed by atoms with Crippen LogP contribution in [0, 0.1) is 4.78 Å². The van der Waals surface area contributed by atoms with Crippen molar-refractivity contribution in [3.05, 3.63) is 58.6 Å². The van der Waals surface area contributed by atoms with Crippen LogP contribution in [0.1, 0.15) is 11.8 Å². The van der Waals surface area contributed by atoms with E-state index in [1.165, 1.54) is 12.4 Å². The number of benzene rings is 1. The Balaban J connectivity index is 1.39. The molecule has 3 aromatic heterocycles. The molecule has 0 unspecified atom stereocenters. The molecule has 4 N–H and O–H groups in total. The van der Waals surface area contributed by atoms with Gasteiger partial charge in [0.2, 0.25) is 5.95 Å². The van der Waals surface area contributed by atoms with Gasteiger partial charge >= 0.3 is 0 Å². The maximum atomic E-state index is 11.9. The molecule has 4 aromatic rings. The maximum Gasteiger partial charge on any atom is 0.225 e. The Kier molecular flexibility index (Phi) is 6.02. The Morgan fingerprint density at radius 2 is 1.79 bits per heavy atom. The fraction of sp³-hybridized carbons (Fsp3) is 0.238. The van der Waals surface area contributed by atoms with E-state index in [4.69, 9.17) is 38.5 Å². The highest BCUT2D eigenvalue weighted by atomic mass is 35.5. The summed E-state index contributed by atoms with van der Waals surface area (Å²) in [4.78, 5) is 14.8. The van der Waals surface area contributed by atoms with E-state index in [1.54, 1.807) is 18.5 Å². The van der Waals surface area contributed by atoms with Crippen LogP contribution in [0.5, 0.6) is 5.75 Å². The summed E-state index contributed by atoms with van der Waals surface area (Å²) in [6.45, 7) is 0.999. The monoisotopic (exact) mass is 518 g/mol. The molecule has 0 bridgehead atoms. The number of nitrogens with zero attached hydrogens (tertiary/aromatic N) is 5. The average Bonchev–Trinajstić information content (AvgIpc) is 3.22. The molecule has 1 fully saturated rings. The van der Waals surface area contributed by atoms with Crippen LogP contribution < -0.4 is 15.4 Å². The van der Waals surface area contributed by atoms with E-state index >= 15 is 0 Å². The largest absolute Gasteiger partial charge is 0.471 e. The third kappa shape index (κ3) is 4.51. The summed E-state index contributed by atoms with van der Waals surface area (Å²) in [5, 5.41) is 8.86. The molecule has 0 saturated carbocycles. The number of nitrogens with one attached hydrogen (secondary N) is 2. The van der Waals surface area contributed by atoms with Crippen LogP contribution >= 0.6 is 23.2 Å². The third-order valence-corrected chi connectivity index (χ3v) is 7.84. The lowest BCUT2D eigenvalue weighted by Crippen LogP contribution is -2.40. The zero-order valence-corrected chi connectivity index (χ0v) is 20.1. The minimum atomic E-state index is -2.48. The van der Waals surface area contributed by atoms with Crippen LogP contribution in [-0.4, -0.2) is 54.0 Å². The second-order valence-corrected chi connectivity index (χ2v) is 11.1. The molecular formula is C21H20Cl2N8O2S. The summed E-state index contributed by atoms with van der Waals surface area (Å²) in [5.41, 5.74) is 8.84. The highest BCUT2D eigenvalue weighted by Gasteiger charge is 2.21. The van der Waals surface area contributed by atoms with Gasteiger partial charge < -0.3 is 9.64 Å². The Bertz CT molecular complexity index is 1430. The van der Waals surface area contributed by atoms with Gasteiger partial charge in [-0.1, -0.05) is 23.2 Å². The summed E-state index contributed by atoms with van der Waals surface area (Å²) in [6, 6.07) is 5.43. The number of nitrogens with two attached hydrogens (primary N) is 1. The van der Waals surface area contributed by atoms with E-state index in [9.17, 15) is 4.21 Å². The molecule has 13 heteroatoms. The number of aromatic amines is 1. The van der Waals surface area contributed by atoms with E-state index in [1.807, 2.05) is 17.0 Å². The van der Waals surface area contributed by atoms with Gasteiger partial charge in [0.05, 0.1) is 15.6 Å². The van der Waals surface area contributed by atoms with Crippen molar-refractivity contribution in [1.82, 2.24) is 25.1 Å². The number of fused-ring (bicyclic) bond motifs is 1. The Labute approximate surface area is 205 Å². The van der Waals surface area contributed by atoms with E-state index in [0.29, 0.717) is 57.6 Å². The van der Waals surface area contributed by atoms with Gasteiger partial charge in [0, 0.05) is 75.6 Å². The molecule has 0 aliphatic carbocycles. The second kappa shape index (κ2) is 8.99. The van der Waals surface area contributed by atoms with Gasteiger partial charge in [-0.2, -0.15) is 5.10 Å². The average molecular weight is 519 g/mol. The Hall–Kier alpha value is -2.99. The normalized spacial score (nSPS) is 16.5. The lowest BCUT2D eigenvalue weighted by molar-refractivity contribution is 0.214. The van der Waals surface area contributed by atoms with Crippen molar-refractivity contribution in [3.8, 4) is 17.0 Å². The van der Waals surface area contributed by atoms with Crippen LogP contribution in [0.4, 0.5) is 5.95 Å². The minimum absolute atomic E-state index is 0.320. The van der Waals surface area contributed by atoms with Crippen LogP contribution in [0.2, 0.25) is 10.0 Å². The number of pyridine rings is 1. The highest BCUT2D eigenvalue weighted by molar-refractivity contribution is 7.92. The fourth-order valence-electron chi connectivity index (χ4n) is 3.72. The second-order valence-electron chi connectivity index (χ2n) is 7.81. The Morgan fingerprint density at radius 1 is 1.12 bits per heavy atom. The van der Waals surface area contributed by atoms with Crippen LogP contribution in [0.15, 0.2) is 43.0 Å². The lowest BCUT2D eigenvalue weighted by Gasteiger charge is -2.27. The van der Waals surface area contributed by atoms with E-state index in [0.717, 1.165) is 16.5 Å². The third-order valence-electron chi connectivity index (χ3n) is 5.55. The number of hydrogen-bond acceptors (Lipinski definition) is 9.